The average molecular weight is 337 g/mol. The first-order valence-electron chi connectivity index (χ1n) is 7.46. The van der Waals surface area contributed by atoms with Gasteiger partial charge in [0.1, 0.15) is 17.3 Å². The summed E-state index contributed by atoms with van der Waals surface area (Å²) in [6.07, 6.45) is 5.85. The van der Waals surface area contributed by atoms with Crippen LogP contribution < -0.4 is 10.6 Å². The van der Waals surface area contributed by atoms with Crippen molar-refractivity contribution in [3.63, 3.8) is 0 Å². The lowest BCUT2D eigenvalue weighted by Crippen LogP contribution is -2.30. The first kappa shape index (κ1) is 16.3. The molecule has 0 bridgehead atoms. The minimum atomic E-state index is -0.546. The summed E-state index contributed by atoms with van der Waals surface area (Å²) in [5.74, 6) is -0.193. The van der Waals surface area contributed by atoms with Crippen LogP contribution in [0.15, 0.2) is 69.7 Å². The van der Waals surface area contributed by atoms with Crippen LogP contribution in [0.2, 0.25) is 0 Å². The number of carbonyl (C=O) groups is 2. The fourth-order valence-electron chi connectivity index (χ4n) is 2.05. The number of nitrogens with zero attached hydrogens (tertiary/aromatic N) is 1. The molecule has 126 valence electrons. The van der Waals surface area contributed by atoms with Gasteiger partial charge in [0, 0.05) is 12.3 Å². The molecular weight excluding hydrogens is 322 g/mol. The third kappa shape index (κ3) is 4.23. The van der Waals surface area contributed by atoms with E-state index in [1.807, 2.05) is 13.0 Å². The standard InChI is InChI=1S/C18H15N3O4/c1-12-6-7-19-16(10-12)21-17(22)14(11-13-4-2-8-24-13)20-18(23)15-5-3-9-25-15/h2-11H,1H3,(H,20,23)(H,19,21,22). The molecular formula is C18H15N3O4. The molecule has 0 aliphatic heterocycles. The molecule has 0 unspecified atom stereocenters. The molecule has 0 fully saturated rings. The number of amides is 2. The van der Waals surface area contributed by atoms with Gasteiger partial charge in [0.25, 0.3) is 11.8 Å². The van der Waals surface area contributed by atoms with Gasteiger partial charge >= 0.3 is 0 Å². The molecule has 2 N–H and O–H groups in total. The van der Waals surface area contributed by atoms with Gasteiger partial charge in [-0.05, 0) is 48.9 Å². The number of aromatic nitrogens is 1. The van der Waals surface area contributed by atoms with Crippen molar-refractivity contribution in [1.82, 2.24) is 10.3 Å². The molecule has 3 aromatic heterocycles. The summed E-state index contributed by atoms with van der Waals surface area (Å²) in [5.41, 5.74) is 0.946. The lowest BCUT2D eigenvalue weighted by Gasteiger charge is -2.09. The molecule has 3 rings (SSSR count). The molecule has 0 aliphatic rings. The molecule has 0 atom stereocenters. The molecule has 25 heavy (non-hydrogen) atoms. The van der Waals surface area contributed by atoms with Crippen LogP contribution in [0.3, 0.4) is 0 Å². The van der Waals surface area contributed by atoms with E-state index < -0.39 is 11.8 Å². The highest BCUT2D eigenvalue weighted by molar-refractivity contribution is 6.09. The summed E-state index contributed by atoms with van der Waals surface area (Å²) in [7, 11) is 0. The number of rotatable bonds is 5. The summed E-state index contributed by atoms with van der Waals surface area (Å²) >= 11 is 0. The fourth-order valence-corrected chi connectivity index (χ4v) is 2.05. The van der Waals surface area contributed by atoms with Crippen molar-refractivity contribution in [2.75, 3.05) is 5.32 Å². The molecule has 0 aliphatic carbocycles. The highest BCUT2D eigenvalue weighted by atomic mass is 16.3. The lowest BCUT2D eigenvalue weighted by molar-refractivity contribution is -0.113. The molecule has 3 aromatic rings. The number of carbonyl (C=O) groups excluding carboxylic acids is 2. The maximum absolute atomic E-state index is 12.5. The van der Waals surface area contributed by atoms with Crippen LogP contribution in [0.1, 0.15) is 21.9 Å². The Morgan fingerprint density at radius 1 is 1.12 bits per heavy atom. The van der Waals surface area contributed by atoms with Crippen molar-refractivity contribution >= 4 is 23.7 Å². The average Bonchev–Trinajstić information content (AvgIpc) is 3.28. The van der Waals surface area contributed by atoms with Gasteiger partial charge in [-0.1, -0.05) is 0 Å². The van der Waals surface area contributed by atoms with E-state index in [1.165, 1.54) is 24.7 Å². The first-order chi connectivity index (χ1) is 12.1. The highest BCUT2D eigenvalue weighted by Gasteiger charge is 2.17. The van der Waals surface area contributed by atoms with Crippen LogP contribution in [0.4, 0.5) is 5.82 Å². The Balaban J connectivity index is 1.83. The van der Waals surface area contributed by atoms with E-state index in [-0.39, 0.29) is 11.5 Å². The van der Waals surface area contributed by atoms with Gasteiger partial charge < -0.3 is 19.5 Å². The summed E-state index contributed by atoms with van der Waals surface area (Å²) < 4.78 is 10.2. The van der Waals surface area contributed by atoms with Crippen molar-refractivity contribution in [2.45, 2.75) is 6.92 Å². The van der Waals surface area contributed by atoms with Crippen LogP contribution in [-0.2, 0) is 4.79 Å². The fraction of sp³-hybridized carbons (Fsp3) is 0.0556. The molecule has 0 aromatic carbocycles. The Morgan fingerprint density at radius 2 is 1.92 bits per heavy atom. The van der Waals surface area contributed by atoms with Crippen LogP contribution >= 0.6 is 0 Å². The van der Waals surface area contributed by atoms with E-state index in [1.54, 1.807) is 30.5 Å². The molecule has 0 radical (unpaired) electrons. The molecule has 0 saturated carbocycles. The molecule has 7 nitrogen and oxygen atoms in total. The van der Waals surface area contributed by atoms with Gasteiger partial charge in [-0.2, -0.15) is 0 Å². The maximum Gasteiger partial charge on any atom is 0.291 e. The van der Waals surface area contributed by atoms with E-state index in [0.717, 1.165) is 5.56 Å². The summed E-state index contributed by atoms with van der Waals surface area (Å²) in [6, 6.07) is 9.96. The topological polar surface area (TPSA) is 97.4 Å². The second kappa shape index (κ2) is 7.31. The van der Waals surface area contributed by atoms with E-state index >= 15 is 0 Å². The third-order valence-electron chi connectivity index (χ3n) is 3.22. The smallest absolute Gasteiger partial charge is 0.291 e. The van der Waals surface area contributed by atoms with Crippen molar-refractivity contribution in [3.05, 3.63) is 77.9 Å². The van der Waals surface area contributed by atoms with Crippen molar-refractivity contribution in [2.24, 2.45) is 0 Å². The Morgan fingerprint density at radius 3 is 2.60 bits per heavy atom. The normalized spacial score (nSPS) is 11.2. The molecule has 3 heterocycles. The predicted molar refractivity (Wildman–Crippen MR) is 90.5 cm³/mol. The Labute approximate surface area is 143 Å². The van der Waals surface area contributed by atoms with Gasteiger partial charge in [0.15, 0.2) is 5.76 Å². The number of pyridine rings is 1. The number of anilines is 1. The van der Waals surface area contributed by atoms with Gasteiger partial charge in [0.2, 0.25) is 0 Å². The minimum Gasteiger partial charge on any atom is -0.465 e. The van der Waals surface area contributed by atoms with Gasteiger partial charge in [0.05, 0.1) is 12.5 Å². The number of nitrogens with one attached hydrogen (secondary N) is 2. The van der Waals surface area contributed by atoms with Crippen LogP contribution in [-0.4, -0.2) is 16.8 Å². The number of furan rings is 2. The van der Waals surface area contributed by atoms with Gasteiger partial charge in [-0.3, -0.25) is 9.59 Å². The molecule has 2 amide bonds. The quantitative estimate of drug-likeness (QED) is 0.698. The number of hydrogen-bond acceptors (Lipinski definition) is 5. The molecule has 0 spiro atoms. The number of hydrogen-bond donors (Lipinski definition) is 2. The second-order valence-electron chi connectivity index (χ2n) is 5.18. The van der Waals surface area contributed by atoms with Gasteiger partial charge in [-0.15, -0.1) is 0 Å². The van der Waals surface area contributed by atoms with Crippen LogP contribution in [0.5, 0.6) is 0 Å². The maximum atomic E-state index is 12.5. The zero-order valence-electron chi connectivity index (χ0n) is 13.4. The van der Waals surface area contributed by atoms with Crippen molar-refractivity contribution < 1.29 is 18.4 Å². The zero-order chi connectivity index (χ0) is 17.6. The first-order valence-corrected chi connectivity index (χ1v) is 7.46. The Kier molecular flexibility index (Phi) is 4.75. The Bertz CT molecular complexity index is 896. The third-order valence-corrected chi connectivity index (χ3v) is 3.22. The second-order valence-corrected chi connectivity index (χ2v) is 5.18. The SMILES string of the molecule is Cc1ccnc(NC(=O)C(=Cc2ccco2)NC(=O)c2ccco2)c1. The minimum absolute atomic E-state index is 0.000318. The Hall–Kier alpha value is -3.61. The van der Waals surface area contributed by atoms with Crippen molar-refractivity contribution in [1.29, 1.82) is 0 Å². The summed E-state index contributed by atoms with van der Waals surface area (Å²) in [6.45, 7) is 1.88. The molecule has 7 heteroatoms. The van der Waals surface area contributed by atoms with E-state index in [4.69, 9.17) is 8.83 Å². The monoisotopic (exact) mass is 337 g/mol. The summed E-state index contributed by atoms with van der Waals surface area (Å²) in [5, 5.41) is 5.16. The van der Waals surface area contributed by atoms with Crippen LogP contribution in [0.25, 0.3) is 6.08 Å². The highest BCUT2D eigenvalue weighted by Crippen LogP contribution is 2.11. The van der Waals surface area contributed by atoms with E-state index in [9.17, 15) is 9.59 Å². The van der Waals surface area contributed by atoms with E-state index in [0.29, 0.717) is 11.6 Å². The molecule has 0 saturated heterocycles. The van der Waals surface area contributed by atoms with Crippen molar-refractivity contribution in [3.8, 4) is 0 Å². The van der Waals surface area contributed by atoms with Gasteiger partial charge in [-0.25, -0.2) is 4.98 Å². The van der Waals surface area contributed by atoms with Crippen LogP contribution in [0, 0.1) is 6.92 Å². The number of aryl methyl sites for hydroxylation is 1. The predicted octanol–water partition coefficient (Wildman–Crippen LogP) is 2.99. The lowest BCUT2D eigenvalue weighted by atomic mass is 10.2. The summed E-state index contributed by atoms with van der Waals surface area (Å²) in [4.78, 5) is 28.8. The largest absolute Gasteiger partial charge is 0.465 e. The zero-order valence-corrected chi connectivity index (χ0v) is 13.4. The van der Waals surface area contributed by atoms with E-state index in [2.05, 4.69) is 15.6 Å².